The summed E-state index contributed by atoms with van der Waals surface area (Å²) >= 11 is 50.9. The highest BCUT2D eigenvalue weighted by molar-refractivity contribution is 7.19. The summed E-state index contributed by atoms with van der Waals surface area (Å²) in [5.74, 6) is 5.76. The van der Waals surface area contributed by atoms with Crippen LogP contribution in [0.4, 0.5) is 56.7 Å². The molecule has 8 aliphatic rings. The van der Waals surface area contributed by atoms with Gasteiger partial charge >= 0.3 is 0 Å². The number of halogens is 8. The van der Waals surface area contributed by atoms with Crippen LogP contribution in [0.2, 0.25) is 40.0 Å². The van der Waals surface area contributed by atoms with Gasteiger partial charge in [0.15, 0.2) is 14.7 Å². The highest BCUT2D eigenvalue weighted by Crippen LogP contribution is 2.36. The highest BCUT2D eigenvalue weighted by atomic mass is 35.5. The van der Waals surface area contributed by atoms with Gasteiger partial charge in [-0.3, -0.25) is 29.7 Å². The molecular formula is C91H118Cl8N28O2S3. The van der Waals surface area contributed by atoms with Crippen molar-refractivity contribution in [2.45, 2.75) is 12.8 Å². The van der Waals surface area contributed by atoms with E-state index in [9.17, 15) is 0 Å². The third kappa shape index (κ3) is 34.3. The summed E-state index contributed by atoms with van der Waals surface area (Å²) < 4.78 is 11.4. The number of hydrogen-bond donors (Lipinski definition) is 4. The lowest BCUT2D eigenvalue weighted by Gasteiger charge is -2.38. The van der Waals surface area contributed by atoms with Gasteiger partial charge in [0.25, 0.3) is 0 Å². The lowest BCUT2D eigenvalue weighted by Crippen LogP contribution is -2.47. The van der Waals surface area contributed by atoms with Crippen LogP contribution in [0.1, 0.15) is 12.8 Å². The highest BCUT2D eigenvalue weighted by Gasteiger charge is 2.26. The number of rotatable bonds is 20. The second-order valence-electron chi connectivity index (χ2n) is 32.8. The summed E-state index contributed by atoms with van der Waals surface area (Å²) in [7, 11) is 8.57. The predicted octanol–water partition coefficient (Wildman–Crippen LogP) is 15.4. The maximum Gasteiger partial charge on any atom is 0.188 e. The Bertz CT molecular complexity index is 5030. The van der Waals surface area contributed by atoms with E-state index in [-0.39, 0.29) is 0 Å². The number of aromatic nitrogens is 11. The van der Waals surface area contributed by atoms with Gasteiger partial charge in [0.05, 0.1) is 41.1 Å². The molecule has 5 N–H and O–H groups in total. The fourth-order valence-corrected chi connectivity index (χ4v) is 19.7. The summed E-state index contributed by atoms with van der Waals surface area (Å²) in [5, 5.41) is 15.4. The zero-order valence-corrected chi connectivity index (χ0v) is 83.7. The number of pyridine rings is 8. The number of nitrogen functional groups attached to an aromatic ring is 1. The van der Waals surface area contributed by atoms with Crippen LogP contribution >= 0.6 is 127 Å². The molecule has 0 amide bonds. The third-order valence-corrected chi connectivity index (χ3v) is 27.6. The topological polar surface area (TPSA) is 264 Å². The van der Waals surface area contributed by atoms with Gasteiger partial charge in [0.2, 0.25) is 0 Å². The van der Waals surface area contributed by atoms with E-state index < -0.39 is 0 Å². The van der Waals surface area contributed by atoms with Crippen molar-refractivity contribution in [3.63, 3.8) is 0 Å². The lowest BCUT2D eigenvalue weighted by atomic mass is 10.2. The summed E-state index contributed by atoms with van der Waals surface area (Å²) in [6.07, 6.45) is 18.8. The van der Waals surface area contributed by atoms with E-state index in [0.29, 0.717) is 51.7 Å². The van der Waals surface area contributed by atoms with Crippen molar-refractivity contribution in [1.29, 1.82) is 0 Å². The summed E-state index contributed by atoms with van der Waals surface area (Å²) in [5.41, 5.74) is 10.2. The van der Waals surface area contributed by atoms with Crippen molar-refractivity contribution in [2.75, 3.05) is 305 Å². The molecule has 0 spiro atoms. The molecular weight excluding hydrogens is 1900 g/mol. The number of likely N-dealkylation sites (N-methyl/N-ethyl adjacent to an activating group) is 4. The Labute approximate surface area is 827 Å². The van der Waals surface area contributed by atoms with Crippen LogP contribution in [0.15, 0.2) is 153 Å². The van der Waals surface area contributed by atoms with Crippen LogP contribution in [0.25, 0.3) is 31.3 Å². The number of piperazine rings is 6. The molecule has 19 heterocycles. The first kappa shape index (κ1) is 102. The maximum atomic E-state index is 6.32. The third-order valence-electron chi connectivity index (χ3n) is 23.1. The zero-order valence-electron chi connectivity index (χ0n) is 75.2. The molecule has 0 bridgehead atoms. The molecule has 0 atom stereocenters. The standard InChI is InChI=1S/C29H41N9OS.C18H19ClN6S.C11H23N3O.C10H13Cl2N3.C10H15ClN4.C8H5ClN2S.C5H2Cl3N/c1-34-9-13-38(14-10-34)28-22-25(37-15-11-35(12-16-37)7-2-8-36-17-19-39-20-18-36)21-27(32-28)33-29-31-23-26(40-29)24-3-5-30-6-4-24;1-24-6-8-25(9-7-24)17-11-14(19)10-16(22-17)23-18-21-12-15(26-18)13-2-4-20-5-3-13;1(4-13-6-2-12-3-7-13)5-14-8-10-15-11-9-14;2*1-14-2-4-15(5-3-14)10-7-8(11)6-9(12)13-10;9-8-11-5-7(12-8)6-1-3-10-4-2-6;6-3-1-4(7)9-5(8)2-3/h3-6,21-23H,2,7-20H2,1H3,(H,31,32,33);2-5,10-12H,6-9H2,1H3,(H,21,22,23);12H,1-11H2;6-7H,2-5H2,1H3;6-7H,2-5H2,1H3,(H2,12,13);1-5H;1-2H. The Morgan fingerprint density at radius 3 is 1.07 bits per heavy atom. The zero-order chi connectivity index (χ0) is 92.3. The minimum atomic E-state index is 0.313. The monoisotopic (exact) mass is 2010 g/mol. The molecule has 0 unspecified atom stereocenters. The molecule has 8 aliphatic heterocycles. The van der Waals surface area contributed by atoms with Crippen LogP contribution in [-0.4, -0.2) is 358 Å². The summed E-state index contributed by atoms with van der Waals surface area (Å²) in [4.78, 5) is 81.6. The average molecular weight is 2020 g/mol. The number of nitrogens with one attached hydrogen (secondary N) is 3. The fourth-order valence-electron chi connectivity index (χ4n) is 15.4. The smallest absolute Gasteiger partial charge is 0.188 e. The molecule has 11 aromatic heterocycles. The van der Waals surface area contributed by atoms with Gasteiger partial charge in [-0.2, -0.15) is 0 Å². The number of hydrogen-bond acceptors (Lipinski definition) is 33. The van der Waals surface area contributed by atoms with Crippen LogP contribution in [0.3, 0.4) is 0 Å². The first-order chi connectivity index (χ1) is 64.1. The number of morpholine rings is 2. The van der Waals surface area contributed by atoms with Gasteiger partial charge < -0.3 is 80.2 Å². The first-order valence-corrected chi connectivity index (χ1v) is 50.1. The van der Waals surface area contributed by atoms with Crippen LogP contribution in [0, 0.1) is 0 Å². The number of anilines is 10. The van der Waals surface area contributed by atoms with E-state index in [2.05, 4.69) is 165 Å². The molecule has 19 rings (SSSR count). The number of nitrogens with zero attached hydrogens (tertiary/aromatic N) is 24. The van der Waals surface area contributed by atoms with Crippen molar-refractivity contribution in [2.24, 2.45) is 0 Å². The van der Waals surface area contributed by atoms with Crippen LogP contribution in [-0.2, 0) is 9.47 Å². The van der Waals surface area contributed by atoms with E-state index in [1.807, 2.05) is 85.5 Å². The summed E-state index contributed by atoms with van der Waals surface area (Å²) in [6, 6.07) is 30.2. The van der Waals surface area contributed by atoms with Crippen LogP contribution in [0.5, 0.6) is 0 Å². The number of nitrogens with two attached hydrogens (primary N) is 1. The molecule has 0 aromatic carbocycles. The van der Waals surface area contributed by atoms with Crippen molar-refractivity contribution in [3.8, 4) is 31.3 Å². The maximum absolute atomic E-state index is 6.32. The van der Waals surface area contributed by atoms with E-state index in [1.165, 1.54) is 81.3 Å². The molecule has 8 fully saturated rings. The van der Waals surface area contributed by atoms with Crippen molar-refractivity contribution < 1.29 is 9.47 Å². The van der Waals surface area contributed by atoms with Gasteiger partial charge in [-0.25, -0.2) is 39.9 Å². The molecule has 0 saturated carbocycles. The van der Waals surface area contributed by atoms with Gasteiger partial charge in [0, 0.05) is 277 Å². The predicted molar refractivity (Wildman–Crippen MR) is 549 cm³/mol. The lowest BCUT2D eigenvalue weighted by molar-refractivity contribution is 0.0359. The minimum absolute atomic E-state index is 0.313. The quantitative estimate of drug-likeness (QED) is 0.0517. The largest absolute Gasteiger partial charge is 0.384 e. The molecule has 8 saturated heterocycles. The van der Waals surface area contributed by atoms with Gasteiger partial charge in [0.1, 0.15) is 56.2 Å². The summed E-state index contributed by atoms with van der Waals surface area (Å²) in [6.45, 7) is 38.1. The minimum Gasteiger partial charge on any atom is -0.384 e. The second kappa shape index (κ2) is 53.8. The van der Waals surface area contributed by atoms with Crippen molar-refractivity contribution in [1.82, 2.24) is 99.3 Å². The van der Waals surface area contributed by atoms with Crippen molar-refractivity contribution in [3.05, 3.63) is 193 Å². The number of ether oxygens (including phenoxy) is 2. The molecule has 30 nitrogen and oxygen atoms in total. The van der Waals surface area contributed by atoms with Crippen molar-refractivity contribution >= 4 is 183 Å². The van der Waals surface area contributed by atoms with E-state index >= 15 is 0 Å². The normalized spacial score (nSPS) is 17.6. The van der Waals surface area contributed by atoms with E-state index in [4.69, 9.17) is 118 Å². The number of thiazole rings is 3. The molecule has 708 valence electrons. The van der Waals surface area contributed by atoms with Crippen LogP contribution < -0.4 is 46.2 Å². The Balaban J connectivity index is 0.000000139. The van der Waals surface area contributed by atoms with Gasteiger partial charge in [-0.05, 0) is 169 Å². The molecule has 132 heavy (non-hydrogen) atoms. The molecule has 11 aromatic rings. The van der Waals surface area contributed by atoms with E-state index in [1.54, 1.807) is 65.8 Å². The van der Waals surface area contributed by atoms with E-state index in [0.717, 1.165) is 267 Å². The van der Waals surface area contributed by atoms with Gasteiger partial charge in [-0.15, -0.1) is 11.3 Å². The first-order valence-electron chi connectivity index (χ1n) is 44.6. The van der Waals surface area contributed by atoms with Gasteiger partial charge in [-0.1, -0.05) is 115 Å². The second-order valence-corrected chi connectivity index (χ2v) is 39.3. The Morgan fingerprint density at radius 2 is 0.674 bits per heavy atom. The Hall–Kier alpha value is -7.63. The Morgan fingerprint density at radius 1 is 0.341 bits per heavy atom. The Kier molecular flexibility index (Phi) is 41.5. The average Bonchev–Trinajstić information content (AvgIpc) is 1.42. The molecule has 41 heteroatoms. The molecule has 0 aliphatic carbocycles. The molecule has 0 radical (unpaired) electrons. The SMILES string of the molecule is C(CN1CCNCC1)CN1CCOCC1.CN1CCN(c2cc(Cl)cc(Cl)n2)CC1.CN1CCN(c2cc(Cl)cc(N)n2)CC1.CN1CCN(c2cc(Cl)cc(Nc3ncc(-c4ccncc4)s3)n2)CC1.CN1CCN(c2cc(N3CCN(CCCN4CCOCC4)CC3)cc(Nc3ncc(-c4ccncc4)s3)n2)CC1.Clc1cc(Cl)nc(Cl)c1.Clc1ncc(-c2ccncc2)s1. The fraction of sp³-hybridized carbons (Fsp3) is 0.462.